The van der Waals surface area contributed by atoms with Gasteiger partial charge in [0.25, 0.3) is 5.91 Å². The first-order valence-corrected chi connectivity index (χ1v) is 5.89. The van der Waals surface area contributed by atoms with E-state index < -0.39 is 0 Å². The number of nitrogens with zero attached hydrogens (tertiary/aromatic N) is 2. The highest BCUT2D eigenvalue weighted by Gasteiger charge is 2.27. The Morgan fingerprint density at radius 3 is 3.11 bits per heavy atom. The fourth-order valence-electron chi connectivity index (χ4n) is 1.93. The highest BCUT2D eigenvalue weighted by molar-refractivity contribution is 5.93. The molecule has 0 unspecified atom stereocenters. The van der Waals surface area contributed by atoms with Crippen LogP contribution in [0, 0.1) is 0 Å². The number of aromatic nitrogens is 2. The molecule has 0 atom stereocenters. The van der Waals surface area contributed by atoms with Crippen molar-refractivity contribution in [1.82, 2.24) is 15.0 Å². The number of nitrogens with two attached hydrogens (primary N) is 1. The van der Waals surface area contributed by atoms with E-state index in [2.05, 4.69) is 10.5 Å². The second-order valence-corrected chi connectivity index (χ2v) is 4.47. The molecule has 1 amide bonds. The van der Waals surface area contributed by atoms with Crippen molar-refractivity contribution in [2.24, 2.45) is 0 Å². The minimum atomic E-state index is -0.137. The molecule has 1 saturated carbocycles. The molecule has 0 radical (unpaired) electrons. The van der Waals surface area contributed by atoms with Gasteiger partial charge in [0.2, 0.25) is 0 Å². The van der Waals surface area contributed by atoms with E-state index in [1.54, 1.807) is 12.1 Å². The first-order chi connectivity index (χ1) is 8.74. The largest absolute Gasteiger partial charge is 0.397 e. The van der Waals surface area contributed by atoms with Crippen LogP contribution in [0.15, 0.2) is 29.1 Å². The summed E-state index contributed by atoms with van der Waals surface area (Å²) in [4.78, 5) is 12.1. The summed E-state index contributed by atoms with van der Waals surface area (Å²) >= 11 is 0. The number of nitrogen functional groups attached to an aromatic ring is 1. The Kier molecular flexibility index (Phi) is 2.55. The Balaban J connectivity index is 1.71. The fourth-order valence-corrected chi connectivity index (χ4v) is 1.93. The third-order valence-electron chi connectivity index (χ3n) is 2.96. The molecule has 18 heavy (non-hydrogen) atoms. The van der Waals surface area contributed by atoms with E-state index >= 15 is 0 Å². The van der Waals surface area contributed by atoms with Crippen LogP contribution in [-0.4, -0.2) is 15.6 Å². The van der Waals surface area contributed by atoms with E-state index in [1.807, 2.05) is 10.8 Å². The molecule has 6 nitrogen and oxygen atoms in total. The van der Waals surface area contributed by atoms with Crippen LogP contribution in [0.2, 0.25) is 0 Å². The molecular formula is C12H14N4O2. The summed E-state index contributed by atoms with van der Waals surface area (Å²) in [7, 11) is 0. The van der Waals surface area contributed by atoms with E-state index in [0.29, 0.717) is 29.7 Å². The van der Waals surface area contributed by atoms with Gasteiger partial charge in [-0.2, -0.15) is 0 Å². The maximum atomic E-state index is 12.1. The van der Waals surface area contributed by atoms with Gasteiger partial charge in [0, 0.05) is 18.3 Å². The lowest BCUT2D eigenvalue weighted by Crippen LogP contribution is -2.25. The van der Waals surface area contributed by atoms with Crippen molar-refractivity contribution in [1.29, 1.82) is 0 Å². The van der Waals surface area contributed by atoms with Crippen molar-refractivity contribution in [2.45, 2.75) is 25.4 Å². The molecule has 0 aromatic carbocycles. The van der Waals surface area contributed by atoms with Gasteiger partial charge in [-0.1, -0.05) is 5.16 Å². The zero-order valence-corrected chi connectivity index (χ0v) is 9.80. The van der Waals surface area contributed by atoms with Crippen molar-refractivity contribution >= 4 is 11.6 Å². The van der Waals surface area contributed by atoms with Gasteiger partial charge in [-0.15, -0.1) is 0 Å². The zero-order chi connectivity index (χ0) is 12.5. The van der Waals surface area contributed by atoms with Crippen molar-refractivity contribution in [3.63, 3.8) is 0 Å². The predicted octanol–water partition coefficient (Wildman–Crippen LogP) is 1.32. The monoisotopic (exact) mass is 246 g/mol. The SMILES string of the molecule is Nc1cc(C(=O)NCc2ccon2)n(C2CC2)c1. The molecule has 0 spiro atoms. The first kappa shape index (κ1) is 10.9. The van der Waals surface area contributed by atoms with Crippen LogP contribution in [0.3, 0.4) is 0 Å². The van der Waals surface area contributed by atoms with E-state index in [4.69, 9.17) is 10.3 Å². The van der Waals surface area contributed by atoms with Gasteiger partial charge < -0.3 is 20.1 Å². The maximum Gasteiger partial charge on any atom is 0.268 e. The van der Waals surface area contributed by atoms with Gasteiger partial charge in [-0.25, -0.2) is 0 Å². The molecule has 1 fully saturated rings. The number of rotatable bonds is 4. The Morgan fingerprint density at radius 2 is 2.44 bits per heavy atom. The molecule has 1 aliphatic carbocycles. The molecular weight excluding hydrogens is 232 g/mol. The van der Waals surface area contributed by atoms with Crippen LogP contribution in [0.5, 0.6) is 0 Å². The van der Waals surface area contributed by atoms with Gasteiger partial charge in [0.1, 0.15) is 17.7 Å². The van der Waals surface area contributed by atoms with Gasteiger partial charge in [-0.05, 0) is 18.9 Å². The summed E-state index contributed by atoms with van der Waals surface area (Å²) in [5.41, 5.74) is 7.67. The van der Waals surface area contributed by atoms with Crippen molar-refractivity contribution in [3.8, 4) is 0 Å². The van der Waals surface area contributed by atoms with E-state index in [9.17, 15) is 4.79 Å². The molecule has 2 aromatic heterocycles. The summed E-state index contributed by atoms with van der Waals surface area (Å²) in [6.45, 7) is 0.352. The van der Waals surface area contributed by atoms with Crippen molar-refractivity contribution < 1.29 is 9.32 Å². The number of anilines is 1. The minimum Gasteiger partial charge on any atom is -0.397 e. The fraction of sp³-hybridized carbons (Fsp3) is 0.333. The number of hydrogen-bond acceptors (Lipinski definition) is 4. The average Bonchev–Trinajstić information content (AvgIpc) is 2.92. The molecule has 2 aromatic rings. The Hall–Kier alpha value is -2.24. The Labute approximate surface area is 104 Å². The molecule has 94 valence electrons. The summed E-state index contributed by atoms with van der Waals surface area (Å²) in [6.07, 6.45) is 5.52. The van der Waals surface area contributed by atoms with E-state index in [0.717, 1.165) is 12.8 Å². The zero-order valence-electron chi connectivity index (χ0n) is 9.80. The normalized spacial score (nSPS) is 14.7. The van der Waals surface area contributed by atoms with Crippen molar-refractivity contribution in [3.05, 3.63) is 36.0 Å². The average molecular weight is 246 g/mol. The first-order valence-electron chi connectivity index (χ1n) is 5.89. The minimum absolute atomic E-state index is 0.137. The Morgan fingerprint density at radius 1 is 1.61 bits per heavy atom. The molecule has 3 N–H and O–H groups in total. The summed E-state index contributed by atoms with van der Waals surface area (Å²) < 4.78 is 6.65. The van der Waals surface area contributed by atoms with Gasteiger partial charge in [0.05, 0.1) is 12.2 Å². The molecule has 3 rings (SSSR count). The lowest BCUT2D eigenvalue weighted by atomic mass is 10.3. The van der Waals surface area contributed by atoms with E-state index in [1.165, 1.54) is 6.26 Å². The number of hydrogen-bond donors (Lipinski definition) is 2. The second-order valence-electron chi connectivity index (χ2n) is 4.47. The number of amides is 1. The standard InChI is InChI=1S/C12H14N4O2/c13-8-5-11(16(7-8)10-1-2-10)12(17)14-6-9-3-4-18-15-9/h3-5,7,10H,1-2,6,13H2,(H,14,17). The van der Waals surface area contributed by atoms with Gasteiger partial charge in [-0.3, -0.25) is 4.79 Å². The Bertz CT molecular complexity index is 555. The second kappa shape index (κ2) is 4.21. The highest BCUT2D eigenvalue weighted by atomic mass is 16.5. The lowest BCUT2D eigenvalue weighted by molar-refractivity contribution is 0.0940. The van der Waals surface area contributed by atoms with Crippen LogP contribution >= 0.6 is 0 Å². The highest BCUT2D eigenvalue weighted by Crippen LogP contribution is 2.37. The van der Waals surface area contributed by atoms with Crippen LogP contribution in [-0.2, 0) is 6.54 Å². The third kappa shape index (κ3) is 2.09. The van der Waals surface area contributed by atoms with Crippen LogP contribution < -0.4 is 11.1 Å². The van der Waals surface area contributed by atoms with Gasteiger partial charge in [0.15, 0.2) is 0 Å². The maximum absolute atomic E-state index is 12.1. The van der Waals surface area contributed by atoms with Crippen molar-refractivity contribution in [2.75, 3.05) is 5.73 Å². The molecule has 0 bridgehead atoms. The summed E-state index contributed by atoms with van der Waals surface area (Å²) in [5, 5.41) is 6.54. The number of nitrogens with one attached hydrogen (secondary N) is 1. The van der Waals surface area contributed by atoms with Crippen LogP contribution in [0.25, 0.3) is 0 Å². The molecule has 0 saturated heterocycles. The molecule has 1 aliphatic rings. The lowest BCUT2D eigenvalue weighted by Gasteiger charge is -2.07. The quantitative estimate of drug-likeness (QED) is 0.852. The smallest absolute Gasteiger partial charge is 0.268 e. The number of carbonyl (C=O) groups excluding carboxylic acids is 1. The van der Waals surface area contributed by atoms with Crippen LogP contribution in [0.1, 0.15) is 35.1 Å². The number of carbonyl (C=O) groups is 1. The third-order valence-corrected chi connectivity index (χ3v) is 2.96. The van der Waals surface area contributed by atoms with E-state index in [-0.39, 0.29) is 5.91 Å². The van der Waals surface area contributed by atoms with Gasteiger partial charge >= 0.3 is 0 Å². The summed E-state index contributed by atoms with van der Waals surface area (Å²) in [5.74, 6) is -0.137. The van der Waals surface area contributed by atoms with Crippen LogP contribution in [0.4, 0.5) is 5.69 Å². The molecule has 0 aliphatic heterocycles. The topological polar surface area (TPSA) is 86.1 Å². The molecule has 6 heteroatoms. The predicted molar refractivity (Wildman–Crippen MR) is 64.8 cm³/mol. The summed E-state index contributed by atoms with van der Waals surface area (Å²) in [6, 6.07) is 3.85. The molecule has 2 heterocycles.